The number of nitrogens with one attached hydrogen (secondary N) is 2. The van der Waals surface area contributed by atoms with Gasteiger partial charge in [0.15, 0.2) is 0 Å². The molecule has 0 saturated carbocycles. The van der Waals surface area contributed by atoms with Crippen LogP contribution in [-0.2, 0) is 13.0 Å². The van der Waals surface area contributed by atoms with Crippen LogP contribution in [0.1, 0.15) is 30.8 Å². The highest BCUT2D eigenvalue weighted by molar-refractivity contribution is 5.36. The Labute approximate surface area is 90.5 Å². The summed E-state index contributed by atoms with van der Waals surface area (Å²) in [7, 11) is 0. The van der Waals surface area contributed by atoms with Crippen molar-refractivity contribution < 1.29 is 0 Å². The second kappa shape index (κ2) is 4.14. The Kier molecular flexibility index (Phi) is 2.86. The van der Waals surface area contributed by atoms with Crippen molar-refractivity contribution in [1.29, 1.82) is 0 Å². The smallest absolute Gasteiger partial charge is 0.223 e. The Balaban J connectivity index is 2.32. The summed E-state index contributed by atoms with van der Waals surface area (Å²) >= 11 is 0. The lowest BCUT2D eigenvalue weighted by Crippen LogP contribution is -2.27. The maximum Gasteiger partial charge on any atom is 0.223 e. The molecule has 2 rings (SSSR count). The van der Waals surface area contributed by atoms with Crippen LogP contribution in [0.5, 0.6) is 0 Å². The molecule has 15 heavy (non-hydrogen) atoms. The van der Waals surface area contributed by atoms with Crippen molar-refractivity contribution in [2.45, 2.75) is 39.8 Å². The normalized spacial score (nSPS) is 15.2. The molecule has 0 unspecified atom stereocenters. The molecular formula is C11H18N4. The maximum absolute atomic E-state index is 4.53. The van der Waals surface area contributed by atoms with Crippen molar-refractivity contribution in [2.24, 2.45) is 0 Å². The summed E-state index contributed by atoms with van der Waals surface area (Å²) in [5.41, 5.74) is 3.59. The number of anilines is 1. The molecule has 0 spiro atoms. The molecule has 0 amide bonds. The van der Waals surface area contributed by atoms with Crippen LogP contribution in [0.25, 0.3) is 0 Å². The zero-order chi connectivity index (χ0) is 10.8. The number of hydrogen-bond donors (Lipinski definition) is 2. The van der Waals surface area contributed by atoms with Gasteiger partial charge in [0, 0.05) is 18.3 Å². The number of aryl methyl sites for hydroxylation is 1. The third-order valence-corrected chi connectivity index (χ3v) is 2.56. The van der Waals surface area contributed by atoms with Crippen LogP contribution in [0.3, 0.4) is 0 Å². The molecule has 1 aliphatic heterocycles. The SMILES string of the molecule is Cc1nc(NC(C)C)nc2c1CCNC2. The van der Waals surface area contributed by atoms with Crippen LogP contribution in [-0.4, -0.2) is 22.6 Å². The zero-order valence-corrected chi connectivity index (χ0v) is 9.59. The van der Waals surface area contributed by atoms with E-state index in [0.29, 0.717) is 6.04 Å². The number of hydrogen-bond acceptors (Lipinski definition) is 4. The molecule has 4 nitrogen and oxygen atoms in total. The second-order valence-corrected chi connectivity index (χ2v) is 4.28. The second-order valence-electron chi connectivity index (χ2n) is 4.28. The summed E-state index contributed by atoms with van der Waals surface area (Å²) in [4.78, 5) is 9.01. The molecule has 0 atom stereocenters. The van der Waals surface area contributed by atoms with Gasteiger partial charge < -0.3 is 10.6 Å². The number of rotatable bonds is 2. The lowest BCUT2D eigenvalue weighted by atomic mass is 10.1. The first-order valence-corrected chi connectivity index (χ1v) is 5.50. The quantitative estimate of drug-likeness (QED) is 0.764. The van der Waals surface area contributed by atoms with Crippen molar-refractivity contribution in [3.8, 4) is 0 Å². The first-order valence-electron chi connectivity index (χ1n) is 5.50. The van der Waals surface area contributed by atoms with E-state index < -0.39 is 0 Å². The van der Waals surface area contributed by atoms with Gasteiger partial charge in [0.05, 0.1) is 5.69 Å². The van der Waals surface area contributed by atoms with Crippen molar-refractivity contribution in [3.05, 3.63) is 17.0 Å². The van der Waals surface area contributed by atoms with E-state index in [0.717, 1.165) is 36.8 Å². The predicted molar refractivity (Wildman–Crippen MR) is 60.9 cm³/mol. The summed E-state index contributed by atoms with van der Waals surface area (Å²) in [6.45, 7) is 8.16. The van der Waals surface area contributed by atoms with Gasteiger partial charge in [-0.15, -0.1) is 0 Å². The lowest BCUT2D eigenvalue weighted by molar-refractivity contribution is 0.619. The monoisotopic (exact) mass is 206 g/mol. The van der Waals surface area contributed by atoms with Crippen molar-refractivity contribution in [3.63, 3.8) is 0 Å². The Hall–Kier alpha value is -1.16. The summed E-state index contributed by atoms with van der Waals surface area (Å²) in [5.74, 6) is 0.755. The number of aromatic nitrogens is 2. The molecule has 2 heterocycles. The van der Waals surface area contributed by atoms with E-state index >= 15 is 0 Å². The molecule has 0 saturated heterocycles. The average Bonchev–Trinajstić information content (AvgIpc) is 2.16. The minimum absolute atomic E-state index is 0.374. The Morgan fingerprint density at radius 1 is 1.33 bits per heavy atom. The summed E-state index contributed by atoms with van der Waals surface area (Å²) in [6.07, 6.45) is 1.04. The summed E-state index contributed by atoms with van der Waals surface area (Å²) in [6, 6.07) is 0.374. The van der Waals surface area contributed by atoms with Crippen LogP contribution in [0.4, 0.5) is 5.95 Å². The van der Waals surface area contributed by atoms with E-state index in [4.69, 9.17) is 0 Å². The maximum atomic E-state index is 4.53. The zero-order valence-electron chi connectivity index (χ0n) is 9.59. The van der Waals surface area contributed by atoms with Gasteiger partial charge in [-0.2, -0.15) is 0 Å². The summed E-state index contributed by atoms with van der Waals surface area (Å²) < 4.78 is 0. The van der Waals surface area contributed by atoms with Gasteiger partial charge >= 0.3 is 0 Å². The van der Waals surface area contributed by atoms with Crippen LogP contribution in [0.2, 0.25) is 0 Å². The highest BCUT2D eigenvalue weighted by Crippen LogP contribution is 2.16. The summed E-state index contributed by atoms with van der Waals surface area (Å²) in [5, 5.41) is 6.58. The van der Waals surface area contributed by atoms with Crippen molar-refractivity contribution >= 4 is 5.95 Å². The highest BCUT2D eigenvalue weighted by Gasteiger charge is 2.14. The van der Waals surface area contributed by atoms with Gasteiger partial charge in [-0.1, -0.05) is 0 Å². The molecule has 1 aliphatic rings. The van der Waals surface area contributed by atoms with Gasteiger partial charge in [-0.25, -0.2) is 9.97 Å². The van der Waals surface area contributed by atoms with Gasteiger partial charge in [0.25, 0.3) is 0 Å². The molecule has 82 valence electrons. The predicted octanol–water partition coefficient (Wildman–Crippen LogP) is 1.25. The molecule has 0 fully saturated rings. The largest absolute Gasteiger partial charge is 0.352 e. The van der Waals surface area contributed by atoms with Crippen molar-refractivity contribution in [2.75, 3.05) is 11.9 Å². The van der Waals surface area contributed by atoms with E-state index in [1.54, 1.807) is 0 Å². The fourth-order valence-electron chi connectivity index (χ4n) is 1.87. The fourth-order valence-corrected chi connectivity index (χ4v) is 1.87. The van der Waals surface area contributed by atoms with Gasteiger partial charge in [-0.3, -0.25) is 0 Å². The minimum Gasteiger partial charge on any atom is -0.352 e. The number of fused-ring (bicyclic) bond motifs is 1. The minimum atomic E-state index is 0.374. The third-order valence-electron chi connectivity index (χ3n) is 2.56. The fraction of sp³-hybridized carbons (Fsp3) is 0.636. The standard InChI is InChI=1S/C11H18N4/c1-7(2)13-11-14-8(3)9-4-5-12-6-10(9)15-11/h7,12H,4-6H2,1-3H3,(H,13,14,15). The molecular weight excluding hydrogens is 188 g/mol. The first kappa shape index (κ1) is 10.4. The average molecular weight is 206 g/mol. The van der Waals surface area contributed by atoms with Gasteiger partial charge in [0.1, 0.15) is 0 Å². The molecule has 2 N–H and O–H groups in total. The molecule has 0 aromatic carbocycles. The van der Waals surface area contributed by atoms with Crippen molar-refractivity contribution in [1.82, 2.24) is 15.3 Å². The third kappa shape index (κ3) is 2.26. The molecule has 1 aromatic heterocycles. The molecule has 0 aliphatic carbocycles. The molecule has 0 bridgehead atoms. The van der Waals surface area contributed by atoms with Crippen LogP contribution >= 0.6 is 0 Å². The first-order chi connectivity index (χ1) is 7.16. The van der Waals surface area contributed by atoms with E-state index in [1.165, 1.54) is 5.56 Å². The highest BCUT2D eigenvalue weighted by atomic mass is 15.1. The van der Waals surface area contributed by atoms with E-state index in [2.05, 4.69) is 41.4 Å². The topological polar surface area (TPSA) is 49.8 Å². The van der Waals surface area contributed by atoms with Gasteiger partial charge in [0.2, 0.25) is 5.95 Å². The Bertz CT molecular complexity index is 360. The lowest BCUT2D eigenvalue weighted by Gasteiger charge is -2.19. The van der Waals surface area contributed by atoms with Gasteiger partial charge in [-0.05, 0) is 39.3 Å². The van der Waals surface area contributed by atoms with E-state index in [-0.39, 0.29) is 0 Å². The van der Waals surface area contributed by atoms with Crippen LogP contribution < -0.4 is 10.6 Å². The van der Waals surface area contributed by atoms with Crippen LogP contribution in [0, 0.1) is 6.92 Å². The Morgan fingerprint density at radius 3 is 2.87 bits per heavy atom. The van der Waals surface area contributed by atoms with E-state index in [1.807, 2.05) is 0 Å². The Morgan fingerprint density at radius 2 is 2.13 bits per heavy atom. The number of nitrogens with zero attached hydrogens (tertiary/aromatic N) is 2. The molecule has 1 aromatic rings. The molecule has 4 heteroatoms. The van der Waals surface area contributed by atoms with Crippen LogP contribution in [0.15, 0.2) is 0 Å². The van der Waals surface area contributed by atoms with E-state index in [9.17, 15) is 0 Å². The molecule has 0 radical (unpaired) electrons.